The number of hydrogen-bond donors (Lipinski definition) is 1. The van der Waals surface area contributed by atoms with E-state index in [1.807, 2.05) is 0 Å². The number of hydrogen-bond acceptors (Lipinski definition) is 2. The van der Waals surface area contributed by atoms with Gasteiger partial charge in [0.05, 0.1) is 6.54 Å². The monoisotopic (exact) mass is 140 g/mol. The largest absolute Gasteiger partial charge is 0.273 e. The van der Waals surface area contributed by atoms with Crippen LogP contribution < -0.4 is 5.43 Å². The summed E-state index contributed by atoms with van der Waals surface area (Å²) in [5, 5.41) is 1.27. The lowest BCUT2D eigenvalue weighted by molar-refractivity contribution is -0.148. The minimum atomic E-state index is -0.340. The summed E-state index contributed by atoms with van der Waals surface area (Å²) in [6, 6.07) is 0. The second-order valence-corrected chi connectivity index (χ2v) is 1.98. The fraction of sp³-hybridized carbons (Fsp3) is 0.333. The van der Waals surface area contributed by atoms with E-state index in [0.717, 1.165) is 6.08 Å². The van der Waals surface area contributed by atoms with Gasteiger partial charge in [-0.15, -0.1) is 0 Å². The van der Waals surface area contributed by atoms with Gasteiger partial charge >= 0.3 is 0 Å². The van der Waals surface area contributed by atoms with Crippen molar-refractivity contribution in [2.24, 2.45) is 0 Å². The van der Waals surface area contributed by atoms with Crippen LogP contribution in [0.3, 0.4) is 0 Å². The lowest BCUT2D eigenvalue weighted by Crippen LogP contribution is -2.53. The zero-order valence-corrected chi connectivity index (χ0v) is 5.46. The summed E-state index contributed by atoms with van der Waals surface area (Å²) in [7, 11) is 0. The normalized spacial score (nSPS) is 16.0. The highest BCUT2D eigenvalue weighted by atomic mass is 16.2. The van der Waals surface area contributed by atoms with Crippen molar-refractivity contribution in [2.45, 2.75) is 6.42 Å². The maximum atomic E-state index is 10.6. The molecular weight excluding hydrogens is 132 g/mol. The van der Waals surface area contributed by atoms with Crippen molar-refractivity contribution in [3.05, 3.63) is 12.7 Å². The van der Waals surface area contributed by atoms with Crippen LogP contribution in [0.1, 0.15) is 6.42 Å². The number of carbonyl (C=O) groups is 2. The molecule has 0 bridgehead atoms. The number of nitrogens with one attached hydrogen (secondary N) is 1. The van der Waals surface area contributed by atoms with Gasteiger partial charge in [-0.05, 0) is 6.08 Å². The summed E-state index contributed by atoms with van der Waals surface area (Å²) in [5.41, 5.74) is 2.34. The van der Waals surface area contributed by atoms with Crippen molar-refractivity contribution in [3.63, 3.8) is 0 Å². The number of nitrogens with zero attached hydrogens (tertiary/aromatic N) is 1. The molecule has 1 heterocycles. The van der Waals surface area contributed by atoms with Crippen LogP contribution in [-0.4, -0.2) is 23.4 Å². The Balaban J connectivity index is 2.32. The molecule has 0 aromatic heterocycles. The van der Waals surface area contributed by atoms with Gasteiger partial charge in [-0.1, -0.05) is 6.58 Å². The molecule has 4 heteroatoms. The molecule has 4 nitrogen and oxygen atoms in total. The first-order valence-corrected chi connectivity index (χ1v) is 2.97. The van der Waals surface area contributed by atoms with Crippen LogP contribution in [0.25, 0.3) is 0 Å². The fourth-order valence-electron chi connectivity index (χ4n) is 0.612. The first-order valence-electron chi connectivity index (χ1n) is 2.97. The van der Waals surface area contributed by atoms with Crippen molar-refractivity contribution < 1.29 is 9.59 Å². The maximum absolute atomic E-state index is 10.6. The Morgan fingerprint density at radius 1 is 1.80 bits per heavy atom. The number of hydrazine groups is 1. The smallest absolute Gasteiger partial charge is 0.261 e. The van der Waals surface area contributed by atoms with Crippen molar-refractivity contribution in [2.75, 3.05) is 6.54 Å². The van der Waals surface area contributed by atoms with Gasteiger partial charge in [-0.25, -0.2) is 0 Å². The number of carbonyl (C=O) groups excluding carboxylic acids is 2. The summed E-state index contributed by atoms with van der Waals surface area (Å²) in [5.74, 6) is -0.386. The number of β-lactam (4-membered cyclic amide) rings is 1. The molecule has 0 aromatic carbocycles. The van der Waals surface area contributed by atoms with Crippen LogP contribution in [0, 0.1) is 0 Å². The Morgan fingerprint density at radius 3 is 2.80 bits per heavy atom. The molecule has 1 aliphatic rings. The van der Waals surface area contributed by atoms with Crippen LogP contribution in [0.5, 0.6) is 0 Å². The van der Waals surface area contributed by atoms with E-state index in [2.05, 4.69) is 12.0 Å². The van der Waals surface area contributed by atoms with E-state index < -0.39 is 0 Å². The lowest BCUT2D eigenvalue weighted by Gasteiger charge is -2.29. The minimum absolute atomic E-state index is 0.0461. The van der Waals surface area contributed by atoms with Crippen LogP contribution in [0.15, 0.2) is 12.7 Å². The molecule has 1 aliphatic heterocycles. The average Bonchev–Trinajstić information content (AvgIpc) is 1.96. The molecule has 0 atom stereocenters. The molecular formula is C6H8N2O2. The maximum Gasteiger partial charge on any atom is 0.261 e. The van der Waals surface area contributed by atoms with Crippen LogP contribution >= 0.6 is 0 Å². The Bertz CT molecular complexity index is 188. The molecule has 2 amide bonds. The average molecular weight is 140 g/mol. The van der Waals surface area contributed by atoms with E-state index in [1.54, 1.807) is 0 Å². The third-order valence-electron chi connectivity index (χ3n) is 1.28. The van der Waals surface area contributed by atoms with Crippen molar-refractivity contribution in [1.82, 2.24) is 10.4 Å². The highest BCUT2D eigenvalue weighted by Gasteiger charge is 2.24. The second-order valence-electron chi connectivity index (χ2n) is 1.98. The van der Waals surface area contributed by atoms with Gasteiger partial charge in [0.1, 0.15) is 0 Å². The summed E-state index contributed by atoms with van der Waals surface area (Å²) < 4.78 is 0. The molecule has 0 saturated carbocycles. The van der Waals surface area contributed by atoms with Gasteiger partial charge in [0.15, 0.2) is 0 Å². The zero-order valence-electron chi connectivity index (χ0n) is 5.46. The Kier molecular flexibility index (Phi) is 1.71. The van der Waals surface area contributed by atoms with E-state index in [-0.39, 0.29) is 11.8 Å². The second kappa shape index (κ2) is 2.51. The fourth-order valence-corrected chi connectivity index (χ4v) is 0.612. The van der Waals surface area contributed by atoms with E-state index >= 15 is 0 Å². The molecule has 1 saturated heterocycles. The molecule has 0 radical (unpaired) electrons. The molecule has 54 valence electrons. The predicted octanol–water partition coefficient (Wildman–Crippen LogP) is -0.564. The molecule has 10 heavy (non-hydrogen) atoms. The molecule has 1 fully saturated rings. The Labute approximate surface area is 58.5 Å². The van der Waals surface area contributed by atoms with E-state index in [9.17, 15) is 9.59 Å². The highest BCUT2D eigenvalue weighted by Crippen LogP contribution is 2.03. The van der Waals surface area contributed by atoms with Crippen LogP contribution in [-0.2, 0) is 9.59 Å². The van der Waals surface area contributed by atoms with Crippen molar-refractivity contribution in [1.29, 1.82) is 0 Å². The van der Waals surface area contributed by atoms with Gasteiger partial charge in [0.25, 0.3) is 5.91 Å². The van der Waals surface area contributed by atoms with Gasteiger partial charge in [0.2, 0.25) is 5.91 Å². The SMILES string of the molecule is C=CC(=O)NN1CCC1=O. The zero-order chi connectivity index (χ0) is 7.56. The topological polar surface area (TPSA) is 49.4 Å². The summed E-state index contributed by atoms with van der Waals surface area (Å²) >= 11 is 0. The number of amides is 2. The van der Waals surface area contributed by atoms with E-state index in [1.165, 1.54) is 5.01 Å². The molecule has 0 aliphatic carbocycles. The van der Waals surface area contributed by atoms with Gasteiger partial charge in [-0.3, -0.25) is 20.0 Å². The molecule has 0 spiro atoms. The first-order chi connectivity index (χ1) is 4.74. The Hall–Kier alpha value is -1.32. The first kappa shape index (κ1) is 6.80. The van der Waals surface area contributed by atoms with Gasteiger partial charge in [0, 0.05) is 6.42 Å². The molecule has 0 unspecified atom stereocenters. The predicted molar refractivity (Wildman–Crippen MR) is 34.7 cm³/mol. The Morgan fingerprint density at radius 2 is 2.50 bits per heavy atom. The quantitative estimate of drug-likeness (QED) is 0.412. The van der Waals surface area contributed by atoms with Crippen LogP contribution in [0.2, 0.25) is 0 Å². The van der Waals surface area contributed by atoms with Gasteiger partial charge in [-0.2, -0.15) is 0 Å². The summed E-state index contributed by atoms with van der Waals surface area (Å²) in [6.45, 7) is 3.86. The standard InChI is InChI=1S/C6H8N2O2/c1-2-5(9)7-8-4-3-6(8)10/h2H,1,3-4H2,(H,7,9). The van der Waals surface area contributed by atoms with Crippen molar-refractivity contribution in [3.8, 4) is 0 Å². The highest BCUT2D eigenvalue weighted by molar-refractivity contribution is 5.90. The summed E-state index contributed by atoms with van der Waals surface area (Å²) in [4.78, 5) is 21.1. The van der Waals surface area contributed by atoms with E-state index in [0.29, 0.717) is 13.0 Å². The minimum Gasteiger partial charge on any atom is -0.273 e. The lowest BCUT2D eigenvalue weighted by atomic mass is 10.2. The molecule has 1 N–H and O–H groups in total. The van der Waals surface area contributed by atoms with E-state index in [4.69, 9.17) is 0 Å². The van der Waals surface area contributed by atoms with Gasteiger partial charge < -0.3 is 0 Å². The number of rotatable bonds is 2. The molecule has 0 aromatic rings. The summed E-state index contributed by atoms with van der Waals surface area (Å²) in [6.07, 6.45) is 1.66. The third-order valence-corrected chi connectivity index (χ3v) is 1.28. The van der Waals surface area contributed by atoms with Crippen LogP contribution in [0.4, 0.5) is 0 Å². The molecule has 1 rings (SSSR count). The van der Waals surface area contributed by atoms with Crippen molar-refractivity contribution >= 4 is 11.8 Å². The third kappa shape index (κ3) is 1.15.